The largest absolute Gasteiger partial charge is 0.422 e. The molecule has 0 radical (unpaired) electrons. The van der Waals surface area contributed by atoms with Crippen molar-refractivity contribution in [2.75, 3.05) is 0 Å². The molecule has 4 rings (SSSR count). The molecule has 3 aromatic carbocycles. The molecule has 0 amide bonds. The van der Waals surface area contributed by atoms with Crippen molar-refractivity contribution in [3.8, 4) is 0 Å². The Balaban J connectivity index is 1.78. The number of cyclic esters (lactones) is 1. The molecule has 0 fully saturated rings. The van der Waals surface area contributed by atoms with Gasteiger partial charge in [-0.2, -0.15) is 0 Å². The van der Waals surface area contributed by atoms with Crippen LogP contribution in [0, 0.1) is 0 Å². The van der Waals surface area contributed by atoms with E-state index in [1.807, 2.05) is 60.7 Å². The van der Waals surface area contributed by atoms with Gasteiger partial charge in [-0.05, 0) is 40.6 Å². The SMILES string of the molecule is O=C1OC(c2cccc3ccccc23)=C/C1=C/c1cccc(Cl)c1. The molecule has 3 aromatic rings. The van der Waals surface area contributed by atoms with Crippen molar-refractivity contribution in [2.45, 2.75) is 0 Å². The molecule has 0 bridgehead atoms. The molecule has 0 atom stereocenters. The number of esters is 1. The molecule has 0 saturated carbocycles. The molecule has 1 aliphatic heterocycles. The minimum Gasteiger partial charge on any atom is -0.422 e. The average molecular weight is 333 g/mol. The topological polar surface area (TPSA) is 26.3 Å². The Labute approximate surface area is 144 Å². The van der Waals surface area contributed by atoms with E-state index in [9.17, 15) is 4.79 Å². The fourth-order valence-electron chi connectivity index (χ4n) is 2.84. The lowest BCUT2D eigenvalue weighted by Crippen LogP contribution is -1.97. The Morgan fingerprint density at radius 1 is 0.917 bits per heavy atom. The second-order valence-corrected chi connectivity index (χ2v) is 6.02. The third-order valence-electron chi connectivity index (χ3n) is 3.95. The summed E-state index contributed by atoms with van der Waals surface area (Å²) in [5.41, 5.74) is 2.29. The number of rotatable bonds is 2. The van der Waals surface area contributed by atoms with E-state index in [0.29, 0.717) is 16.4 Å². The summed E-state index contributed by atoms with van der Waals surface area (Å²) in [6.45, 7) is 0. The number of carbonyl (C=O) groups is 1. The summed E-state index contributed by atoms with van der Waals surface area (Å²) in [6, 6.07) is 21.4. The van der Waals surface area contributed by atoms with E-state index >= 15 is 0 Å². The first-order valence-electron chi connectivity index (χ1n) is 7.60. The monoisotopic (exact) mass is 332 g/mol. The first-order chi connectivity index (χ1) is 11.7. The third kappa shape index (κ3) is 2.72. The molecule has 2 nitrogen and oxygen atoms in total. The van der Waals surface area contributed by atoms with Crippen LogP contribution in [0.4, 0.5) is 0 Å². The number of benzene rings is 3. The second kappa shape index (κ2) is 5.99. The van der Waals surface area contributed by atoms with Crippen LogP contribution in [0.3, 0.4) is 0 Å². The van der Waals surface area contributed by atoms with Crippen LogP contribution >= 0.6 is 11.6 Å². The lowest BCUT2D eigenvalue weighted by molar-refractivity contribution is -0.130. The van der Waals surface area contributed by atoms with Crippen LogP contribution in [0.5, 0.6) is 0 Å². The smallest absolute Gasteiger partial charge is 0.343 e. The summed E-state index contributed by atoms with van der Waals surface area (Å²) < 4.78 is 5.49. The quantitative estimate of drug-likeness (QED) is 0.459. The van der Waals surface area contributed by atoms with Gasteiger partial charge < -0.3 is 4.74 Å². The molecule has 3 heteroatoms. The Morgan fingerprint density at radius 3 is 2.58 bits per heavy atom. The van der Waals surface area contributed by atoms with Crippen molar-refractivity contribution in [3.05, 3.63) is 94.5 Å². The highest BCUT2D eigenvalue weighted by molar-refractivity contribution is 6.30. The van der Waals surface area contributed by atoms with Gasteiger partial charge in [0.05, 0.1) is 5.57 Å². The normalized spacial score (nSPS) is 15.6. The van der Waals surface area contributed by atoms with E-state index in [4.69, 9.17) is 16.3 Å². The fraction of sp³-hybridized carbons (Fsp3) is 0. The molecule has 0 aliphatic carbocycles. The van der Waals surface area contributed by atoms with Crippen LogP contribution in [0.15, 0.2) is 78.4 Å². The summed E-state index contributed by atoms with van der Waals surface area (Å²) in [5.74, 6) is 0.225. The van der Waals surface area contributed by atoms with Crippen molar-refractivity contribution >= 4 is 40.2 Å². The summed E-state index contributed by atoms with van der Waals surface area (Å²) in [4.78, 5) is 12.2. The van der Waals surface area contributed by atoms with E-state index in [1.165, 1.54) is 0 Å². The van der Waals surface area contributed by atoms with Gasteiger partial charge in [-0.25, -0.2) is 4.79 Å². The molecule has 116 valence electrons. The Kier molecular flexibility index (Phi) is 3.68. The Hall–Kier alpha value is -2.84. The predicted molar refractivity (Wildman–Crippen MR) is 97.4 cm³/mol. The van der Waals surface area contributed by atoms with E-state index in [0.717, 1.165) is 21.9 Å². The lowest BCUT2D eigenvalue weighted by atomic mass is 10.0. The van der Waals surface area contributed by atoms with Crippen molar-refractivity contribution in [1.29, 1.82) is 0 Å². The van der Waals surface area contributed by atoms with E-state index in [2.05, 4.69) is 0 Å². The number of carbonyl (C=O) groups excluding carboxylic acids is 1. The van der Waals surface area contributed by atoms with Gasteiger partial charge in [0.2, 0.25) is 0 Å². The van der Waals surface area contributed by atoms with Gasteiger partial charge in [-0.15, -0.1) is 0 Å². The van der Waals surface area contributed by atoms with Crippen LogP contribution in [-0.2, 0) is 9.53 Å². The van der Waals surface area contributed by atoms with Crippen molar-refractivity contribution < 1.29 is 9.53 Å². The summed E-state index contributed by atoms with van der Waals surface area (Å²) in [7, 11) is 0. The molecular weight excluding hydrogens is 320 g/mol. The number of fused-ring (bicyclic) bond motifs is 1. The molecule has 1 heterocycles. The van der Waals surface area contributed by atoms with Gasteiger partial charge in [0.1, 0.15) is 5.76 Å². The second-order valence-electron chi connectivity index (χ2n) is 5.58. The molecule has 0 unspecified atom stereocenters. The zero-order valence-electron chi connectivity index (χ0n) is 12.7. The van der Waals surface area contributed by atoms with Crippen LogP contribution in [0.25, 0.3) is 22.6 Å². The number of halogens is 1. The van der Waals surface area contributed by atoms with Gasteiger partial charge >= 0.3 is 5.97 Å². The summed E-state index contributed by atoms with van der Waals surface area (Å²) in [5, 5.41) is 2.80. The standard InChI is InChI=1S/C21H13ClO2/c22-17-8-3-5-14(12-17)11-16-13-20(24-21(16)23)19-10-4-7-15-6-1-2-9-18(15)19/h1-13H/b16-11-. The number of ether oxygens (including phenoxy) is 1. The van der Waals surface area contributed by atoms with Crippen molar-refractivity contribution in [1.82, 2.24) is 0 Å². The highest BCUT2D eigenvalue weighted by atomic mass is 35.5. The number of hydrogen-bond acceptors (Lipinski definition) is 2. The maximum atomic E-state index is 12.2. The predicted octanol–water partition coefficient (Wildman–Crippen LogP) is 5.47. The third-order valence-corrected chi connectivity index (χ3v) is 4.19. The van der Waals surface area contributed by atoms with Gasteiger partial charge in [0.15, 0.2) is 0 Å². The van der Waals surface area contributed by atoms with E-state index in [-0.39, 0.29) is 5.97 Å². The molecule has 0 aromatic heterocycles. The summed E-state index contributed by atoms with van der Waals surface area (Å²) in [6.07, 6.45) is 3.57. The first kappa shape index (κ1) is 14.7. The lowest BCUT2D eigenvalue weighted by Gasteiger charge is -2.06. The molecule has 0 N–H and O–H groups in total. The van der Waals surface area contributed by atoms with Gasteiger partial charge in [0.25, 0.3) is 0 Å². The van der Waals surface area contributed by atoms with Gasteiger partial charge in [-0.3, -0.25) is 0 Å². The minimum atomic E-state index is -0.349. The Morgan fingerprint density at radius 2 is 1.71 bits per heavy atom. The van der Waals surface area contributed by atoms with Crippen LogP contribution < -0.4 is 0 Å². The minimum absolute atomic E-state index is 0.349. The van der Waals surface area contributed by atoms with Crippen LogP contribution in [0.2, 0.25) is 5.02 Å². The maximum Gasteiger partial charge on any atom is 0.343 e. The van der Waals surface area contributed by atoms with Crippen molar-refractivity contribution in [3.63, 3.8) is 0 Å². The first-order valence-corrected chi connectivity index (χ1v) is 7.98. The molecule has 24 heavy (non-hydrogen) atoms. The Bertz CT molecular complexity index is 1010. The molecule has 0 spiro atoms. The molecular formula is C21H13ClO2. The van der Waals surface area contributed by atoms with Crippen LogP contribution in [-0.4, -0.2) is 5.97 Å². The highest BCUT2D eigenvalue weighted by Crippen LogP contribution is 2.32. The van der Waals surface area contributed by atoms with E-state index < -0.39 is 0 Å². The van der Waals surface area contributed by atoms with Crippen molar-refractivity contribution in [2.24, 2.45) is 0 Å². The zero-order chi connectivity index (χ0) is 16.5. The van der Waals surface area contributed by atoms with Gasteiger partial charge in [-0.1, -0.05) is 66.2 Å². The zero-order valence-corrected chi connectivity index (χ0v) is 13.5. The van der Waals surface area contributed by atoms with Gasteiger partial charge in [0, 0.05) is 10.6 Å². The maximum absolute atomic E-state index is 12.2. The fourth-order valence-corrected chi connectivity index (χ4v) is 3.04. The summed E-state index contributed by atoms with van der Waals surface area (Å²) >= 11 is 6.00. The van der Waals surface area contributed by atoms with E-state index in [1.54, 1.807) is 18.2 Å². The average Bonchev–Trinajstić information content (AvgIpc) is 2.95. The van der Waals surface area contributed by atoms with Crippen LogP contribution in [0.1, 0.15) is 11.1 Å². The highest BCUT2D eigenvalue weighted by Gasteiger charge is 2.23. The molecule has 1 aliphatic rings. The number of hydrogen-bond donors (Lipinski definition) is 0. The molecule has 0 saturated heterocycles.